The fourth-order valence-corrected chi connectivity index (χ4v) is 4.76. The van der Waals surface area contributed by atoms with Crippen LogP contribution in [-0.2, 0) is 10.0 Å². The first kappa shape index (κ1) is 22.3. The Morgan fingerprint density at radius 3 is 2.57 bits per heavy atom. The van der Waals surface area contributed by atoms with Gasteiger partial charge in [-0.15, -0.1) is 10.2 Å². The van der Waals surface area contributed by atoms with Crippen molar-refractivity contribution < 1.29 is 17.9 Å². The van der Waals surface area contributed by atoms with Gasteiger partial charge in [0.05, 0.1) is 22.4 Å². The number of nitrogens with zero attached hydrogens (tertiary/aromatic N) is 2. The molecule has 2 aromatic carbocycles. The van der Waals surface area contributed by atoms with Crippen molar-refractivity contribution >= 4 is 61.3 Å². The number of hydrogen-bond acceptors (Lipinski definition) is 7. The SMILES string of the molecule is CC(C)Oc1ccccc1NS(=O)(=O)c1nnc(NC(=O)c2ccc(Cl)cc2Cl)s1. The van der Waals surface area contributed by atoms with E-state index in [0.717, 1.165) is 0 Å². The number of aromatic nitrogens is 2. The minimum Gasteiger partial charge on any atom is -0.489 e. The van der Waals surface area contributed by atoms with E-state index in [4.69, 9.17) is 27.9 Å². The van der Waals surface area contributed by atoms with Crippen molar-refractivity contribution in [1.82, 2.24) is 10.2 Å². The number of hydrogen-bond donors (Lipinski definition) is 2. The van der Waals surface area contributed by atoms with Gasteiger partial charge in [-0.25, -0.2) is 0 Å². The molecule has 158 valence electrons. The number of nitrogens with one attached hydrogen (secondary N) is 2. The molecule has 0 saturated carbocycles. The van der Waals surface area contributed by atoms with E-state index >= 15 is 0 Å². The third-order valence-electron chi connectivity index (χ3n) is 3.53. The van der Waals surface area contributed by atoms with E-state index < -0.39 is 15.9 Å². The van der Waals surface area contributed by atoms with Crippen molar-refractivity contribution in [2.24, 2.45) is 0 Å². The van der Waals surface area contributed by atoms with Crippen LogP contribution in [0.1, 0.15) is 24.2 Å². The minimum atomic E-state index is -4.04. The van der Waals surface area contributed by atoms with E-state index in [9.17, 15) is 13.2 Å². The van der Waals surface area contributed by atoms with Crippen LogP contribution < -0.4 is 14.8 Å². The van der Waals surface area contributed by atoms with Crippen molar-refractivity contribution in [3.05, 3.63) is 58.1 Å². The van der Waals surface area contributed by atoms with Crippen LogP contribution in [-0.4, -0.2) is 30.6 Å². The lowest BCUT2D eigenvalue weighted by Gasteiger charge is -2.14. The van der Waals surface area contributed by atoms with Crippen LogP contribution in [0.3, 0.4) is 0 Å². The molecule has 2 N–H and O–H groups in total. The van der Waals surface area contributed by atoms with E-state index in [0.29, 0.717) is 22.1 Å². The van der Waals surface area contributed by atoms with Crippen LogP contribution in [0, 0.1) is 0 Å². The van der Waals surface area contributed by atoms with Gasteiger partial charge in [-0.3, -0.25) is 14.8 Å². The second-order valence-electron chi connectivity index (χ2n) is 6.22. The normalized spacial score (nSPS) is 11.4. The third kappa shape index (κ3) is 5.39. The van der Waals surface area contributed by atoms with Gasteiger partial charge in [0.2, 0.25) is 5.13 Å². The highest BCUT2D eigenvalue weighted by Gasteiger charge is 2.23. The molecule has 0 atom stereocenters. The quantitative estimate of drug-likeness (QED) is 0.468. The number of carbonyl (C=O) groups is 1. The Morgan fingerprint density at radius 1 is 1.13 bits per heavy atom. The van der Waals surface area contributed by atoms with Crippen LogP contribution in [0.25, 0.3) is 0 Å². The number of amides is 1. The van der Waals surface area contributed by atoms with Gasteiger partial charge < -0.3 is 4.74 Å². The van der Waals surface area contributed by atoms with Crippen LogP contribution in [0.15, 0.2) is 46.8 Å². The Morgan fingerprint density at radius 2 is 1.87 bits per heavy atom. The molecule has 1 heterocycles. The zero-order chi connectivity index (χ0) is 21.9. The fourth-order valence-electron chi connectivity index (χ4n) is 2.30. The van der Waals surface area contributed by atoms with Gasteiger partial charge in [-0.1, -0.05) is 46.7 Å². The van der Waals surface area contributed by atoms with Gasteiger partial charge in [0.15, 0.2) is 0 Å². The molecule has 0 saturated heterocycles. The van der Waals surface area contributed by atoms with Crippen LogP contribution >= 0.6 is 34.5 Å². The molecule has 0 unspecified atom stereocenters. The van der Waals surface area contributed by atoms with Crippen LogP contribution in [0.2, 0.25) is 10.0 Å². The van der Waals surface area contributed by atoms with Crippen molar-refractivity contribution in [2.45, 2.75) is 24.3 Å². The van der Waals surface area contributed by atoms with Crippen molar-refractivity contribution in [2.75, 3.05) is 10.0 Å². The minimum absolute atomic E-state index is 0.00175. The maximum Gasteiger partial charge on any atom is 0.291 e. The van der Waals surface area contributed by atoms with E-state index in [1.807, 2.05) is 13.8 Å². The molecule has 0 bridgehead atoms. The molecule has 1 amide bonds. The number of anilines is 2. The molecule has 0 radical (unpaired) electrons. The average molecular weight is 487 g/mol. The molecule has 8 nitrogen and oxygen atoms in total. The summed E-state index contributed by atoms with van der Waals surface area (Å²) in [6.45, 7) is 3.66. The van der Waals surface area contributed by atoms with Crippen molar-refractivity contribution in [1.29, 1.82) is 0 Å². The maximum absolute atomic E-state index is 12.7. The van der Waals surface area contributed by atoms with E-state index in [1.54, 1.807) is 24.3 Å². The van der Waals surface area contributed by atoms with Crippen molar-refractivity contribution in [3.8, 4) is 5.75 Å². The van der Waals surface area contributed by atoms with Crippen LogP contribution in [0.4, 0.5) is 10.8 Å². The highest BCUT2D eigenvalue weighted by Crippen LogP contribution is 2.29. The van der Waals surface area contributed by atoms with Crippen LogP contribution in [0.5, 0.6) is 5.75 Å². The molecule has 0 fully saturated rings. The molecular formula is C18H16Cl2N4O4S2. The molecule has 12 heteroatoms. The molecule has 0 aliphatic heterocycles. The number of rotatable bonds is 7. The van der Waals surface area contributed by atoms with Gasteiger partial charge in [-0.2, -0.15) is 8.42 Å². The smallest absolute Gasteiger partial charge is 0.291 e. The molecule has 30 heavy (non-hydrogen) atoms. The summed E-state index contributed by atoms with van der Waals surface area (Å²) < 4.78 is 33.1. The number of halogens is 2. The first-order valence-corrected chi connectivity index (χ1v) is 11.6. The zero-order valence-electron chi connectivity index (χ0n) is 15.7. The van der Waals surface area contributed by atoms with E-state index in [2.05, 4.69) is 20.2 Å². The molecule has 3 rings (SSSR count). The molecule has 0 aliphatic rings. The Hall–Kier alpha value is -2.40. The number of carbonyl (C=O) groups excluding carboxylic acids is 1. The maximum atomic E-state index is 12.7. The second-order valence-corrected chi connectivity index (χ2v) is 9.90. The molecular weight excluding hydrogens is 471 g/mol. The standard InChI is InChI=1S/C18H16Cl2N4O4S2/c1-10(2)28-15-6-4-3-5-14(15)24-30(26,27)18-23-22-17(29-18)21-16(25)12-8-7-11(19)9-13(12)20/h3-10,24H,1-2H3,(H,21,22,25). The number of sulfonamides is 1. The molecule has 1 aromatic heterocycles. The summed E-state index contributed by atoms with van der Waals surface area (Å²) in [6, 6.07) is 11.0. The Bertz CT molecular complexity index is 1180. The lowest BCUT2D eigenvalue weighted by molar-refractivity contribution is 0.102. The third-order valence-corrected chi connectivity index (χ3v) is 6.65. The summed E-state index contributed by atoms with van der Waals surface area (Å²) in [7, 11) is -4.04. The summed E-state index contributed by atoms with van der Waals surface area (Å²) in [4.78, 5) is 12.4. The van der Waals surface area contributed by atoms with E-state index in [-0.39, 0.29) is 31.8 Å². The first-order chi connectivity index (χ1) is 14.2. The molecule has 3 aromatic rings. The van der Waals surface area contributed by atoms with E-state index in [1.165, 1.54) is 18.2 Å². The first-order valence-electron chi connectivity index (χ1n) is 8.54. The lowest BCUT2D eigenvalue weighted by atomic mass is 10.2. The Labute approximate surface area is 187 Å². The largest absolute Gasteiger partial charge is 0.489 e. The number of para-hydroxylation sites is 2. The Balaban J connectivity index is 1.77. The summed E-state index contributed by atoms with van der Waals surface area (Å²) >= 11 is 12.5. The van der Waals surface area contributed by atoms with Gasteiger partial charge in [0.1, 0.15) is 5.75 Å². The summed E-state index contributed by atoms with van der Waals surface area (Å²) in [5, 5.41) is 10.4. The number of ether oxygens (including phenoxy) is 1. The monoisotopic (exact) mass is 486 g/mol. The highest BCUT2D eigenvalue weighted by molar-refractivity contribution is 7.94. The number of benzene rings is 2. The molecule has 0 spiro atoms. The predicted octanol–water partition coefficient (Wildman–Crippen LogP) is 4.69. The summed E-state index contributed by atoms with van der Waals surface area (Å²) in [6.07, 6.45) is -0.140. The van der Waals surface area contributed by atoms with Gasteiger partial charge in [0.25, 0.3) is 20.3 Å². The lowest BCUT2D eigenvalue weighted by Crippen LogP contribution is -2.15. The van der Waals surface area contributed by atoms with Gasteiger partial charge >= 0.3 is 0 Å². The van der Waals surface area contributed by atoms with Gasteiger partial charge in [0, 0.05) is 5.02 Å². The summed E-state index contributed by atoms with van der Waals surface area (Å²) in [5.74, 6) is -0.188. The predicted molar refractivity (Wildman–Crippen MR) is 117 cm³/mol. The second kappa shape index (κ2) is 9.17. The summed E-state index contributed by atoms with van der Waals surface area (Å²) in [5.41, 5.74) is 0.429. The zero-order valence-corrected chi connectivity index (χ0v) is 18.9. The Kier molecular flexibility index (Phi) is 6.81. The topological polar surface area (TPSA) is 110 Å². The van der Waals surface area contributed by atoms with Crippen molar-refractivity contribution in [3.63, 3.8) is 0 Å². The average Bonchev–Trinajstić information content (AvgIpc) is 3.12. The fraction of sp³-hybridized carbons (Fsp3) is 0.167. The molecule has 0 aliphatic carbocycles. The highest BCUT2D eigenvalue weighted by atomic mass is 35.5. The van der Waals surface area contributed by atoms with Gasteiger partial charge in [-0.05, 0) is 44.2 Å².